The smallest absolute Gasteiger partial charge is 0.251 e. The molecule has 0 aliphatic heterocycles. The largest absolute Gasteiger partial charge is 0.493 e. The maximum absolute atomic E-state index is 11.6. The summed E-state index contributed by atoms with van der Waals surface area (Å²) in [5.41, 5.74) is 7.42. The lowest BCUT2D eigenvalue weighted by Gasteiger charge is -2.10. The van der Waals surface area contributed by atoms with Crippen molar-refractivity contribution in [3.05, 3.63) is 57.8 Å². The zero-order valence-electron chi connectivity index (χ0n) is 13.3. The van der Waals surface area contributed by atoms with E-state index in [0.717, 1.165) is 5.75 Å². The van der Waals surface area contributed by atoms with Crippen LogP contribution in [0.2, 0.25) is 0 Å². The second-order valence-electron chi connectivity index (χ2n) is 5.73. The number of ether oxygens (including phenoxy) is 1. The van der Waals surface area contributed by atoms with E-state index in [2.05, 4.69) is 29.9 Å². The third kappa shape index (κ3) is 4.43. The summed E-state index contributed by atoms with van der Waals surface area (Å²) in [6, 6.07) is 9.22. The summed E-state index contributed by atoms with van der Waals surface area (Å²) in [4.78, 5) is 18.6. The quantitative estimate of drug-likeness (QED) is 0.859. The molecule has 0 spiro atoms. The molecule has 0 aliphatic rings. The van der Waals surface area contributed by atoms with Crippen molar-refractivity contribution in [2.75, 3.05) is 6.61 Å². The molecule has 1 unspecified atom stereocenters. The van der Waals surface area contributed by atoms with E-state index in [1.54, 1.807) is 6.92 Å². The van der Waals surface area contributed by atoms with Gasteiger partial charge >= 0.3 is 0 Å². The van der Waals surface area contributed by atoms with E-state index in [1.165, 1.54) is 11.6 Å². The Morgan fingerprint density at radius 2 is 2.05 bits per heavy atom. The molecule has 1 aromatic carbocycles. The molecular formula is C17H23N3O2. The summed E-state index contributed by atoms with van der Waals surface area (Å²) in [6.45, 7) is 6.55. The first-order valence-corrected chi connectivity index (χ1v) is 7.54. The molecule has 2 aromatic rings. The van der Waals surface area contributed by atoms with Gasteiger partial charge in [0, 0.05) is 18.5 Å². The molecule has 1 atom stereocenters. The van der Waals surface area contributed by atoms with Crippen LogP contribution >= 0.6 is 0 Å². The number of nitrogens with two attached hydrogens (primary N) is 1. The molecule has 1 heterocycles. The van der Waals surface area contributed by atoms with Crippen LogP contribution in [0.15, 0.2) is 35.1 Å². The maximum Gasteiger partial charge on any atom is 0.251 e. The molecule has 0 radical (unpaired) electrons. The van der Waals surface area contributed by atoms with Crippen LogP contribution in [0.1, 0.15) is 49.8 Å². The minimum atomic E-state index is -0.260. The Balaban J connectivity index is 1.99. The molecule has 5 nitrogen and oxygen atoms in total. The van der Waals surface area contributed by atoms with Crippen molar-refractivity contribution in [2.24, 2.45) is 5.73 Å². The van der Waals surface area contributed by atoms with Crippen LogP contribution in [0.4, 0.5) is 0 Å². The van der Waals surface area contributed by atoms with Crippen LogP contribution < -0.4 is 16.0 Å². The summed E-state index contributed by atoms with van der Waals surface area (Å²) in [7, 11) is 0. The second kappa shape index (κ2) is 7.22. The van der Waals surface area contributed by atoms with Crippen molar-refractivity contribution in [2.45, 2.75) is 39.2 Å². The fraction of sp³-hybridized carbons (Fsp3) is 0.412. The minimum absolute atomic E-state index is 0.181. The van der Waals surface area contributed by atoms with Gasteiger partial charge < -0.3 is 15.5 Å². The molecule has 2 rings (SSSR count). The lowest BCUT2D eigenvalue weighted by atomic mass is 10.0. The van der Waals surface area contributed by atoms with Gasteiger partial charge in [0.15, 0.2) is 0 Å². The predicted molar refractivity (Wildman–Crippen MR) is 87.2 cm³/mol. The minimum Gasteiger partial charge on any atom is -0.493 e. The molecule has 0 aliphatic carbocycles. The molecule has 5 heteroatoms. The molecule has 0 saturated heterocycles. The zero-order chi connectivity index (χ0) is 16.1. The van der Waals surface area contributed by atoms with Gasteiger partial charge in [-0.1, -0.05) is 26.0 Å². The summed E-state index contributed by atoms with van der Waals surface area (Å²) in [5, 5.41) is 0. The monoisotopic (exact) mass is 301 g/mol. The molecular weight excluding hydrogens is 278 g/mol. The van der Waals surface area contributed by atoms with Gasteiger partial charge in [0.25, 0.3) is 5.56 Å². The third-order valence-corrected chi connectivity index (χ3v) is 3.41. The topological polar surface area (TPSA) is 81.0 Å². The van der Waals surface area contributed by atoms with Gasteiger partial charge in [0.2, 0.25) is 0 Å². The average molecular weight is 301 g/mol. The number of hydrogen-bond donors (Lipinski definition) is 2. The lowest BCUT2D eigenvalue weighted by molar-refractivity contribution is 0.318. The van der Waals surface area contributed by atoms with Gasteiger partial charge in [0.05, 0.1) is 12.3 Å². The van der Waals surface area contributed by atoms with Gasteiger partial charge in [-0.3, -0.25) is 4.79 Å². The van der Waals surface area contributed by atoms with Gasteiger partial charge in [-0.05, 0) is 30.5 Å². The second-order valence-corrected chi connectivity index (χ2v) is 5.73. The fourth-order valence-corrected chi connectivity index (χ4v) is 2.11. The molecule has 118 valence electrons. The third-order valence-electron chi connectivity index (χ3n) is 3.41. The van der Waals surface area contributed by atoms with Crippen molar-refractivity contribution in [1.82, 2.24) is 9.97 Å². The molecule has 1 aromatic heterocycles. The van der Waals surface area contributed by atoms with Crippen molar-refractivity contribution in [1.29, 1.82) is 0 Å². The van der Waals surface area contributed by atoms with Crippen molar-refractivity contribution >= 4 is 0 Å². The first kappa shape index (κ1) is 16.2. The molecule has 0 fully saturated rings. The summed E-state index contributed by atoms with van der Waals surface area (Å²) >= 11 is 0. The Morgan fingerprint density at radius 1 is 1.27 bits per heavy atom. The highest BCUT2D eigenvalue weighted by atomic mass is 16.5. The highest BCUT2D eigenvalue weighted by Gasteiger charge is 2.06. The highest BCUT2D eigenvalue weighted by molar-refractivity contribution is 5.30. The van der Waals surface area contributed by atoms with Crippen molar-refractivity contribution in [3.63, 3.8) is 0 Å². The van der Waals surface area contributed by atoms with E-state index in [4.69, 9.17) is 10.5 Å². The first-order chi connectivity index (χ1) is 10.5. The van der Waals surface area contributed by atoms with E-state index in [9.17, 15) is 4.79 Å². The van der Waals surface area contributed by atoms with Gasteiger partial charge in [-0.2, -0.15) is 0 Å². The van der Waals surface area contributed by atoms with Crippen LogP contribution in [-0.4, -0.2) is 16.6 Å². The molecule has 0 saturated carbocycles. The predicted octanol–water partition coefficient (Wildman–Crippen LogP) is 2.53. The van der Waals surface area contributed by atoms with E-state index in [0.29, 0.717) is 30.5 Å². The number of aromatic nitrogens is 2. The number of aromatic amines is 1. The maximum atomic E-state index is 11.6. The van der Waals surface area contributed by atoms with Gasteiger partial charge in [-0.25, -0.2) is 4.98 Å². The number of nitrogens with one attached hydrogen (secondary N) is 1. The van der Waals surface area contributed by atoms with Crippen molar-refractivity contribution in [3.8, 4) is 5.75 Å². The summed E-state index contributed by atoms with van der Waals surface area (Å²) < 4.78 is 5.75. The molecule has 22 heavy (non-hydrogen) atoms. The first-order valence-electron chi connectivity index (χ1n) is 7.54. The average Bonchev–Trinajstić information content (AvgIpc) is 2.47. The number of nitrogens with zero attached hydrogens (tertiary/aromatic N) is 1. The Kier molecular flexibility index (Phi) is 5.33. The SMILES string of the molecule is CC(C)c1cccc(OCCc2nc(C(C)N)cc(=O)[nH]2)c1. The normalized spacial score (nSPS) is 12.4. The molecule has 0 amide bonds. The van der Waals surface area contributed by atoms with Crippen LogP contribution in [-0.2, 0) is 6.42 Å². The van der Waals surface area contributed by atoms with E-state index in [-0.39, 0.29) is 11.6 Å². The number of benzene rings is 1. The van der Waals surface area contributed by atoms with E-state index < -0.39 is 0 Å². The van der Waals surface area contributed by atoms with Crippen LogP contribution in [0.3, 0.4) is 0 Å². The van der Waals surface area contributed by atoms with Gasteiger partial charge in [0.1, 0.15) is 11.6 Å². The standard InChI is InChI=1S/C17H23N3O2/c1-11(2)13-5-4-6-14(9-13)22-8-7-16-19-15(12(3)18)10-17(21)20-16/h4-6,9-12H,7-8,18H2,1-3H3,(H,19,20,21). The van der Waals surface area contributed by atoms with E-state index in [1.807, 2.05) is 18.2 Å². The number of rotatable bonds is 6. The van der Waals surface area contributed by atoms with E-state index >= 15 is 0 Å². The summed E-state index contributed by atoms with van der Waals surface area (Å²) in [6.07, 6.45) is 0.529. The van der Waals surface area contributed by atoms with Crippen molar-refractivity contribution < 1.29 is 4.74 Å². The summed E-state index contributed by atoms with van der Waals surface area (Å²) in [5.74, 6) is 1.89. The van der Waals surface area contributed by atoms with Crippen LogP contribution in [0.25, 0.3) is 0 Å². The Morgan fingerprint density at radius 3 is 2.73 bits per heavy atom. The van der Waals surface area contributed by atoms with Gasteiger partial charge in [-0.15, -0.1) is 0 Å². The lowest BCUT2D eigenvalue weighted by Crippen LogP contribution is -2.18. The molecule has 0 bridgehead atoms. The highest BCUT2D eigenvalue weighted by Crippen LogP contribution is 2.20. The number of H-pyrrole nitrogens is 1. The fourth-order valence-electron chi connectivity index (χ4n) is 2.11. The number of hydrogen-bond acceptors (Lipinski definition) is 4. The van der Waals surface area contributed by atoms with Crippen LogP contribution in [0, 0.1) is 0 Å². The Hall–Kier alpha value is -2.14. The van der Waals surface area contributed by atoms with Crippen LogP contribution in [0.5, 0.6) is 5.75 Å². The zero-order valence-corrected chi connectivity index (χ0v) is 13.3. The Bertz CT molecular complexity index is 678. The Labute approximate surface area is 130 Å². The molecule has 3 N–H and O–H groups in total.